The third-order valence-corrected chi connectivity index (χ3v) is 2.78. The van der Waals surface area contributed by atoms with Gasteiger partial charge >= 0.3 is 0 Å². The summed E-state index contributed by atoms with van der Waals surface area (Å²) in [5.41, 5.74) is 0. The summed E-state index contributed by atoms with van der Waals surface area (Å²) < 4.78 is 0. The number of carbonyl (C=O) groups is 3. The summed E-state index contributed by atoms with van der Waals surface area (Å²) >= 11 is 0. The molecular weight excluding hydrogens is 184 g/mol. The Balaban J connectivity index is 2.35. The van der Waals surface area contributed by atoms with Gasteiger partial charge in [0.15, 0.2) is 0 Å². The van der Waals surface area contributed by atoms with Crippen molar-refractivity contribution in [2.24, 2.45) is 5.92 Å². The van der Waals surface area contributed by atoms with Gasteiger partial charge < -0.3 is 5.32 Å². The van der Waals surface area contributed by atoms with Crippen LogP contribution in [0.2, 0.25) is 0 Å². The largest absolute Gasteiger partial charge is 0.335 e. The van der Waals surface area contributed by atoms with E-state index in [0.717, 1.165) is 6.42 Å². The molecule has 3 aliphatic rings. The van der Waals surface area contributed by atoms with Crippen LogP contribution in [0.5, 0.6) is 0 Å². The van der Waals surface area contributed by atoms with Gasteiger partial charge in [0.2, 0.25) is 17.7 Å². The Morgan fingerprint density at radius 2 is 2.14 bits per heavy atom. The summed E-state index contributed by atoms with van der Waals surface area (Å²) in [7, 11) is 0. The number of amides is 3. The second kappa shape index (κ2) is 3.08. The molecular formula is C9H12N2O3. The molecule has 0 aromatic heterocycles. The van der Waals surface area contributed by atoms with E-state index in [-0.39, 0.29) is 17.7 Å². The van der Waals surface area contributed by atoms with Crippen LogP contribution in [0.15, 0.2) is 0 Å². The molecule has 5 nitrogen and oxygen atoms in total. The van der Waals surface area contributed by atoms with E-state index in [1.165, 1.54) is 11.8 Å². The molecule has 0 spiro atoms. The average Bonchev–Trinajstić information content (AvgIpc) is 2.34. The molecule has 3 aliphatic heterocycles. The standard InChI is InChI=1S/C9H12N2O3/c1-5(12)11-7-4-2-3-6(9(11)14)8(13)10-7/h6-7H,2-4H2,1H3,(H,10,13). The zero-order valence-corrected chi connectivity index (χ0v) is 7.95. The van der Waals surface area contributed by atoms with E-state index in [1.54, 1.807) is 0 Å². The maximum Gasteiger partial charge on any atom is 0.243 e. The van der Waals surface area contributed by atoms with E-state index >= 15 is 0 Å². The molecule has 0 saturated carbocycles. The van der Waals surface area contributed by atoms with Crippen LogP contribution in [-0.2, 0) is 14.4 Å². The Labute approximate surface area is 81.4 Å². The third kappa shape index (κ3) is 1.20. The molecule has 1 N–H and O–H groups in total. The maximum atomic E-state index is 11.7. The third-order valence-electron chi connectivity index (χ3n) is 2.78. The van der Waals surface area contributed by atoms with Crippen LogP contribution in [0, 0.1) is 5.92 Å². The van der Waals surface area contributed by atoms with Crippen molar-refractivity contribution in [3.63, 3.8) is 0 Å². The lowest BCUT2D eigenvalue weighted by Crippen LogP contribution is -2.60. The van der Waals surface area contributed by atoms with Crippen LogP contribution in [0.3, 0.4) is 0 Å². The van der Waals surface area contributed by atoms with Crippen molar-refractivity contribution in [3.8, 4) is 0 Å². The van der Waals surface area contributed by atoms with Crippen molar-refractivity contribution in [1.29, 1.82) is 0 Å². The van der Waals surface area contributed by atoms with E-state index in [2.05, 4.69) is 5.32 Å². The lowest BCUT2D eigenvalue weighted by Gasteiger charge is -2.34. The topological polar surface area (TPSA) is 66.5 Å². The normalized spacial score (nSPS) is 31.4. The second-order valence-electron chi connectivity index (χ2n) is 3.74. The minimum Gasteiger partial charge on any atom is -0.335 e. The average molecular weight is 196 g/mol. The quantitative estimate of drug-likeness (QED) is 0.537. The fourth-order valence-corrected chi connectivity index (χ4v) is 2.11. The molecule has 2 unspecified atom stereocenters. The van der Waals surface area contributed by atoms with Crippen molar-refractivity contribution >= 4 is 17.7 Å². The molecule has 0 aliphatic carbocycles. The van der Waals surface area contributed by atoms with Crippen LogP contribution in [0.25, 0.3) is 0 Å². The number of hydrogen-bond donors (Lipinski definition) is 1. The van der Waals surface area contributed by atoms with Crippen LogP contribution in [0.1, 0.15) is 26.2 Å². The first-order valence-corrected chi connectivity index (χ1v) is 4.75. The van der Waals surface area contributed by atoms with Crippen LogP contribution < -0.4 is 5.32 Å². The number of carbonyl (C=O) groups excluding carboxylic acids is 3. The highest BCUT2D eigenvalue weighted by Gasteiger charge is 2.44. The lowest BCUT2D eigenvalue weighted by atomic mass is 10.0. The number of hydrogen-bond acceptors (Lipinski definition) is 3. The Bertz CT molecular complexity index is 313. The van der Waals surface area contributed by atoms with Gasteiger partial charge in [-0.25, -0.2) is 0 Å². The molecule has 2 atom stereocenters. The van der Waals surface area contributed by atoms with Gasteiger partial charge in [0.05, 0.1) is 0 Å². The number of nitrogens with zero attached hydrogens (tertiary/aromatic N) is 1. The molecule has 3 fully saturated rings. The predicted octanol–water partition coefficient (Wildman–Crippen LogP) is -0.383. The minimum absolute atomic E-state index is 0.227. The fraction of sp³-hybridized carbons (Fsp3) is 0.667. The van der Waals surface area contributed by atoms with E-state index in [4.69, 9.17) is 0 Å². The van der Waals surface area contributed by atoms with Crippen molar-refractivity contribution < 1.29 is 14.4 Å². The van der Waals surface area contributed by atoms with E-state index in [1.807, 2.05) is 0 Å². The van der Waals surface area contributed by atoms with Gasteiger partial charge in [0, 0.05) is 6.92 Å². The first-order valence-electron chi connectivity index (χ1n) is 4.75. The molecule has 14 heavy (non-hydrogen) atoms. The maximum absolute atomic E-state index is 11.7. The Hall–Kier alpha value is -1.39. The van der Waals surface area contributed by atoms with E-state index in [0.29, 0.717) is 12.8 Å². The number of rotatable bonds is 0. The van der Waals surface area contributed by atoms with Gasteiger partial charge in [-0.1, -0.05) is 0 Å². The monoisotopic (exact) mass is 196 g/mol. The summed E-state index contributed by atoms with van der Waals surface area (Å²) in [4.78, 5) is 35.5. The molecule has 5 heteroatoms. The van der Waals surface area contributed by atoms with Gasteiger partial charge in [-0.3, -0.25) is 19.3 Å². The zero-order chi connectivity index (χ0) is 10.3. The zero-order valence-electron chi connectivity index (χ0n) is 7.95. The molecule has 3 rings (SSSR count). The van der Waals surface area contributed by atoms with Gasteiger partial charge in [0.1, 0.15) is 12.1 Å². The molecule has 0 radical (unpaired) electrons. The molecule has 3 saturated heterocycles. The first kappa shape index (κ1) is 9.18. The van der Waals surface area contributed by atoms with Crippen molar-refractivity contribution in [1.82, 2.24) is 10.2 Å². The molecule has 2 bridgehead atoms. The number of nitrogens with one attached hydrogen (secondary N) is 1. The molecule has 3 amide bonds. The van der Waals surface area contributed by atoms with E-state index < -0.39 is 12.1 Å². The molecule has 0 aromatic rings. The van der Waals surface area contributed by atoms with Gasteiger partial charge in [-0.2, -0.15) is 0 Å². The van der Waals surface area contributed by atoms with Crippen LogP contribution in [0.4, 0.5) is 0 Å². The summed E-state index contributed by atoms with van der Waals surface area (Å²) in [5, 5.41) is 2.69. The van der Waals surface area contributed by atoms with Crippen molar-refractivity contribution in [2.45, 2.75) is 32.4 Å². The predicted molar refractivity (Wildman–Crippen MR) is 46.8 cm³/mol. The second-order valence-corrected chi connectivity index (χ2v) is 3.74. The van der Waals surface area contributed by atoms with E-state index in [9.17, 15) is 14.4 Å². The van der Waals surface area contributed by atoms with Gasteiger partial charge in [0.25, 0.3) is 0 Å². The number of imide groups is 1. The highest BCUT2D eigenvalue weighted by molar-refractivity contribution is 6.08. The highest BCUT2D eigenvalue weighted by atomic mass is 16.2. The minimum atomic E-state index is -0.641. The van der Waals surface area contributed by atoms with Crippen LogP contribution in [-0.4, -0.2) is 28.8 Å². The highest BCUT2D eigenvalue weighted by Crippen LogP contribution is 2.26. The molecule has 0 aromatic carbocycles. The fourth-order valence-electron chi connectivity index (χ4n) is 2.11. The Morgan fingerprint density at radius 1 is 1.43 bits per heavy atom. The Kier molecular flexibility index (Phi) is 2.02. The van der Waals surface area contributed by atoms with Crippen molar-refractivity contribution in [3.05, 3.63) is 0 Å². The SMILES string of the molecule is CC(=O)N1C(=O)C2CCCC1NC2=O. The van der Waals surface area contributed by atoms with Gasteiger partial charge in [-0.15, -0.1) is 0 Å². The van der Waals surface area contributed by atoms with Crippen LogP contribution >= 0.6 is 0 Å². The summed E-state index contributed by atoms with van der Waals surface area (Å²) in [5.74, 6) is -1.48. The summed E-state index contributed by atoms with van der Waals surface area (Å²) in [6, 6.07) is 0. The van der Waals surface area contributed by atoms with Crippen molar-refractivity contribution in [2.75, 3.05) is 0 Å². The summed E-state index contributed by atoms with van der Waals surface area (Å²) in [6.07, 6.45) is 1.63. The smallest absolute Gasteiger partial charge is 0.243 e. The molecule has 76 valence electrons. The lowest BCUT2D eigenvalue weighted by molar-refractivity contribution is -0.157. The number of fused-ring (bicyclic) bond motifs is 4. The van der Waals surface area contributed by atoms with Gasteiger partial charge in [-0.05, 0) is 19.3 Å². The first-order chi connectivity index (χ1) is 6.61. The molecule has 3 heterocycles. The Morgan fingerprint density at radius 3 is 2.79 bits per heavy atom. The summed E-state index contributed by atoms with van der Waals surface area (Å²) in [6.45, 7) is 1.35.